The topological polar surface area (TPSA) is 86.6 Å². The van der Waals surface area contributed by atoms with Crippen molar-refractivity contribution >= 4 is 11.9 Å². The third-order valence-electron chi connectivity index (χ3n) is 4.98. The lowest BCUT2D eigenvalue weighted by Crippen LogP contribution is -2.49. The van der Waals surface area contributed by atoms with Gasteiger partial charge in [-0.05, 0) is 31.6 Å². The van der Waals surface area contributed by atoms with Gasteiger partial charge in [0.15, 0.2) is 5.60 Å². The zero-order valence-corrected chi connectivity index (χ0v) is 12.1. The van der Waals surface area contributed by atoms with Crippen LogP contribution >= 0.6 is 0 Å². The molecule has 0 aromatic heterocycles. The number of aliphatic hydroxyl groups is 1. The molecule has 2 fully saturated rings. The molecule has 2 saturated carbocycles. The number of hydrogen-bond donors (Lipinski definition) is 3. The highest BCUT2D eigenvalue weighted by Crippen LogP contribution is 2.43. The molecule has 0 spiro atoms. The van der Waals surface area contributed by atoms with E-state index in [1.165, 1.54) is 32.6 Å². The molecular weight excluding hydrogens is 258 g/mol. The molecule has 20 heavy (non-hydrogen) atoms. The number of rotatable bonds is 4. The van der Waals surface area contributed by atoms with Gasteiger partial charge in [-0.1, -0.05) is 32.1 Å². The van der Waals surface area contributed by atoms with E-state index < -0.39 is 11.6 Å². The predicted molar refractivity (Wildman–Crippen MR) is 74.1 cm³/mol. The van der Waals surface area contributed by atoms with Gasteiger partial charge in [-0.2, -0.15) is 0 Å². The maximum absolute atomic E-state index is 12.3. The van der Waals surface area contributed by atoms with Crippen molar-refractivity contribution in [1.29, 1.82) is 0 Å². The van der Waals surface area contributed by atoms with Crippen molar-refractivity contribution in [2.24, 2.45) is 17.8 Å². The summed E-state index contributed by atoms with van der Waals surface area (Å²) in [6, 6.07) is 0. The molecule has 0 bridgehead atoms. The zero-order chi connectivity index (χ0) is 14.8. The van der Waals surface area contributed by atoms with Crippen LogP contribution in [0.25, 0.3) is 0 Å². The fourth-order valence-electron chi connectivity index (χ4n) is 3.73. The molecule has 114 valence electrons. The largest absolute Gasteiger partial charge is 0.479 e. The molecule has 0 aromatic rings. The third-order valence-corrected chi connectivity index (χ3v) is 4.98. The van der Waals surface area contributed by atoms with Crippen LogP contribution in [0.3, 0.4) is 0 Å². The van der Waals surface area contributed by atoms with E-state index in [9.17, 15) is 14.7 Å². The number of hydrogen-bond acceptors (Lipinski definition) is 3. The minimum Gasteiger partial charge on any atom is -0.479 e. The standard InChI is InChI=1S/C15H25NO4/c1-15(20,14(18)19)9-16-13(17)12-8-4-6-10-5-2-3-7-11(10)12/h10-12,20H,2-9H2,1H3,(H,16,17)(H,18,19). The van der Waals surface area contributed by atoms with Crippen LogP contribution in [0.2, 0.25) is 0 Å². The Morgan fingerprint density at radius 3 is 2.50 bits per heavy atom. The molecule has 0 aromatic carbocycles. The van der Waals surface area contributed by atoms with Gasteiger partial charge in [0.25, 0.3) is 0 Å². The van der Waals surface area contributed by atoms with Gasteiger partial charge >= 0.3 is 5.97 Å². The first kappa shape index (κ1) is 15.3. The van der Waals surface area contributed by atoms with Crippen molar-refractivity contribution in [1.82, 2.24) is 5.32 Å². The SMILES string of the molecule is CC(O)(CNC(=O)C1CCCC2CCCCC21)C(=O)O. The number of carbonyl (C=O) groups excluding carboxylic acids is 1. The summed E-state index contributed by atoms with van der Waals surface area (Å²) in [7, 11) is 0. The summed E-state index contributed by atoms with van der Waals surface area (Å²) in [4.78, 5) is 23.1. The van der Waals surface area contributed by atoms with Gasteiger partial charge < -0.3 is 15.5 Å². The minimum atomic E-state index is -1.89. The van der Waals surface area contributed by atoms with Crippen molar-refractivity contribution in [3.8, 4) is 0 Å². The van der Waals surface area contributed by atoms with Crippen molar-refractivity contribution in [2.75, 3.05) is 6.54 Å². The lowest BCUT2D eigenvalue weighted by Gasteiger charge is -2.40. The lowest BCUT2D eigenvalue weighted by atomic mass is 9.65. The van der Waals surface area contributed by atoms with Crippen LogP contribution in [0.4, 0.5) is 0 Å². The number of carboxylic acids is 1. The molecule has 3 N–H and O–H groups in total. The van der Waals surface area contributed by atoms with Crippen LogP contribution in [0.15, 0.2) is 0 Å². The first-order valence-electron chi connectivity index (χ1n) is 7.65. The number of carboxylic acid groups (broad SMARTS) is 1. The normalized spacial score (nSPS) is 32.8. The first-order chi connectivity index (χ1) is 9.42. The van der Waals surface area contributed by atoms with Crippen molar-refractivity contribution in [3.63, 3.8) is 0 Å². The highest BCUT2D eigenvalue weighted by molar-refractivity contribution is 5.81. The highest BCUT2D eigenvalue weighted by atomic mass is 16.4. The van der Waals surface area contributed by atoms with Crippen LogP contribution in [0, 0.1) is 17.8 Å². The van der Waals surface area contributed by atoms with Gasteiger partial charge in [-0.25, -0.2) is 4.79 Å². The third kappa shape index (κ3) is 3.32. The summed E-state index contributed by atoms with van der Waals surface area (Å²) in [5, 5.41) is 21.1. The first-order valence-corrected chi connectivity index (χ1v) is 7.65. The Morgan fingerprint density at radius 2 is 1.80 bits per heavy atom. The van der Waals surface area contributed by atoms with E-state index in [0.29, 0.717) is 11.8 Å². The summed E-state index contributed by atoms with van der Waals surface area (Å²) >= 11 is 0. The summed E-state index contributed by atoms with van der Waals surface area (Å²) in [6.07, 6.45) is 7.98. The summed E-state index contributed by atoms with van der Waals surface area (Å²) in [5.74, 6) is -0.278. The molecule has 0 heterocycles. The molecule has 2 aliphatic rings. The van der Waals surface area contributed by atoms with Crippen LogP contribution < -0.4 is 5.32 Å². The minimum absolute atomic E-state index is 0.00125. The highest BCUT2D eigenvalue weighted by Gasteiger charge is 2.39. The van der Waals surface area contributed by atoms with Crippen LogP contribution in [0.1, 0.15) is 51.9 Å². The van der Waals surface area contributed by atoms with Gasteiger partial charge in [-0.15, -0.1) is 0 Å². The second-order valence-electron chi connectivity index (χ2n) is 6.54. The Hall–Kier alpha value is -1.10. The molecule has 0 saturated heterocycles. The Balaban J connectivity index is 1.92. The molecular formula is C15H25NO4. The molecule has 0 aliphatic heterocycles. The quantitative estimate of drug-likeness (QED) is 0.730. The lowest BCUT2D eigenvalue weighted by molar-refractivity contribution is -0.156. The van der Waals surface area contributed by atoms with Gasteiger partial charge in [0.2, 0.25) is 5.91 Å². The monoisotopic (exact) mass is 283 g/mol. The van der Waals surface area contributed by atoms with E-state index in [4.69, 9.17) is 5.11 Å². The van der Waals surface area contributed by atoms with E-state index >= 15 is 0 Å². The average Bonchev–Trinajstić information content (AvgIpc) is 2.44. The molecule has 5 nitrogen and oxygen atoms in total. The fourth-order valence-corrected chi connectivity index (χ4v) is 3.73. The van der Waals surface area contributed by atoms with Crippen molar-refractivity contribution in [3.05, 3.63) is 0 Å². The molecule has 5 heteroatoms. The molecule has 0 radical (unpaired) electrons. The number of fused-ring (bicyclic) bond motifs is 1. The Labute approximate surface area is 119 Å². The number of carbonyl (C=O) groups is 2. The van der Waals surface area contributed by atoms with Crippen LogP contribution in [-0.4, -0.2) is 34.2 Å². The van der Waals surface area contributed by atoms with E-state index in [1.807, 2.05) is 0 Å². The van der Waals surface area contributed by atoms with Crippen LogP contribution in [0.5, 0.6) is 0 Å². The maximum Gasteiger partial charge on any atom is 0.337 e. The second kappa shape index (κ2) is 6.12. The number of aliphatic carboxylic acids is 1. The maximum atomic E-state index is 12.3. The van der Waals surface area contributed by atoms with E-state index in [0.717, 1.165) is 19.3 Å². The van der Waals surface area contributed by atoms with Gasteiger partial charge in [-0.3, -0.25) is 4.79 Å². The Bertz CT molecular complexity index is 378. The zero-order valence-electron chi connectivity index (χ0n) is 12.1. The summed E-state index contributed by atoms with van der Waals surface area (Å²) in [5.41, 5.74) is -1.89. The second-order valence-corrected chi connectivity index (χ2v) is 6.54. The van der Waals surface area contributed by atoms with E-state index in [1.54, 1.807) is 0 Å². The van der Waals surface area contributed by atoms with E-state index in [-0.39, 0.29) is 18.4 Å². The molecule has 4 atom stereocenters. The van der Waals surface area contributed by atoms with Gasteiger partial charge in [0.1, 0.15) is 0 Å². The molecule has 4 unspecified atom stereocenters. The molecule has 2 rings (SSSR count). The van der Waals surface area contributed by atoms with Crippen LogP contribution in [-0.2, 0) is 9.59 Å². The summed E-state index contributed by atoms with van der Waals surface area (Å²) < 4.78 is 0. The number of nitrogens with one attached hydrogen (secondary N) is 1. The Morgan fingerprint density at radius 1 is 1.15 bits per heavy atom. The predicted octanol–water partition coefficient (Wildman–Crippen LogP) is 1.54. The molecule has 2 aliphatic carbocycles. The molecule has 1 amide bonds. The fraction of sp³-hybridized carbons (Fsp3) is 0.867. The Kier molecular flexibility index (Phi) is 4.68. The van der Waals surface area contributed by atoms with Gasteiger partial charge in [0, 0.05) is 5.92 Å². The summed E-state index contributed by atoms with van der Waals surface area (Å²) in [6.45, 7) is 0.981. The number of amides is 1. The average molecular weight is 283 g/mol. The van der Waals surface area contributed by atoms with Crippen molar-refractivity contribution in [2.45, 2.75) is 57.5 Å². The van der Waals surface area contributed by atoms with E-state index in [2.05, 4.69) is 5.32 Å². The van der Waals surface area contributed by atoms with Gasteiger partial charge in [0.05, 0.1) is 6.54 Å². The van der Waals surface area contributed by atoms with Crippen molar-refractivity contribution < 1.29 is 19.8 Å². The smallest absolute Gasteiger partial charge is 0.337 e.